The van der Waals surface area contributed by atoms with E-state index >= 15 is 0 Å². The first kappa shape index (κ1) is 26.4. The van der Waals surface area contributed by atoms with Gasteiger partial charge in [-0.25, -0.2) is 13.8 Å². The summed E-state index contributed by atoms with van der Waals surface area (Å²) in [7, 11) is 1.56. The van der Waals surface area contributed by atoms with Crippen LogP contribution in [-0.4, -0.2) is 24.6 Å². The van der Waals surface area contributed by atoms with Crippen LogP contribution in [0.4, 0.5) is 8.78 Å². The van der Waals surface area contributed by atoms with E-state index in [0.29, 0.717) is 29.6 Å². The van der Waals surface area contributed by atoms with Gasteiger partial charge in [-0.1, -0.05) is 6.07 Å². The van der Waals surface area contributed by atoms with E-state index in [4.69, 9.17) is 19.6 Å². The van der Waals surface area contributed by atoms with Crippen LogP contribution in [0.25, 0.3) is 11.5 Å². The Morgan fingerprint density at radius 3 is 2.57 bits per heavy atom. The van der Waals surface area contributed by atoms with E-state index in [1.54, 1.807) is 39.2 Å². The summed E-state index contributed by atoms with van der Waals surface area (Å²) in [5, 5.41) is 2.60. The number of hydrogen-bond acceptors (Lipinski definition) is 6. The van der Waals surface area contributed by atoms with Crippen molar-refractivity contribution < 1.29 is 27.5 Å². The molecule has 4 rings (SSSR count). The number of ether oxygens (including phenoxy) is 2. The van der Waals surface area contributed by atoms with Gasteiger partial charge >= 0.3 is 0 Å². The first-order valence-corrected chi connectivity index (χ1v) is 11.0. The molecule has 1 aliphatic rings. The molecular formula is C25H28ClF2N3O4. The molecule has 35 heavy (non-hydrogen) atoms. The van der Waals surface area contributed by atoms with Crippen molar-refractivity contribution in [1.82, 2.24) is 10.3 Å². The Morgan fingerprint density at radius 2 is 1.94 bits per heavy atom. The summed E-state index contributed by atoms with van der Waals surface area (Å²) >= 11 is 0. The number of oxazole rings is 1. The Labute approximate surface area is 208 Å². The number of nitrogens with one attached hydrogen (secondary N) is 1. The lowest BCUT2D eigenvalue weighted by atomic mass is 10.0. The minimum Gasteiger partial charge on any atom is -0.493 e. The van der Waals surface area contributed by atoms with Crippen LogP contribution in [0.5, 0.6) is 11.5 Å². The summed E-state index contributed by atoms with van der Waals surface area (Å²) in [6.07, 6.45) is 2.30. The molecule has 1 amide bonds. The number of amides is 1. The summed E-state index contributed by atoms with van der Waals surface area (Å²) in [5.74, 6) is 0.0118. The number of hydrogen-bond donors (Lipinski definition) is 2. The molecule has 0 radical (unpaired) electrons. The third kappa shape index (κ3) is 6.29. The number of nitrogens with zero attached hydrogens (tertiary/aromatic N) is 1. The Bertz CT molecular complexity index is 1210. The SMILES string of the molecule is COc1ccc(-c2nc(C(=O)NCc3ccc(F)cc3F)c(C(C)(C)N)o2)cc1OCC1CC1.Cl. The van der Waals surface area contributed by atoms with Crippen LogP contribution in [0.3, 0.4) is 0 Å². The van der Waals surface area contributed by atoms with E-state index in [0.717, 1.165) is 25.0 Å². The van der Waals surface area contributed by atoms with E-state index in [1.165, 1.54) is 6.07 Å². The number of benzene rings is 2. The van der Waals surface area contributed by atoms with Crippen molar-refractivity contribution in [2.75, 3.05) is 13.7 Å². The number of methoxy groups -OCH3 is 1. The zero-order valence-corrected chi connectivity index (χ0v) is 20.5. The summed E-state index contributed by atoms with van der Waals surface area (Å²) in [6.45, 7) is 3.82. The Morgan fingerprint density at radius 1 is 1.20 bits per heavy atom. The molecule has 0 saturated heterocycles. The quantitative estimate of drug-likeness (QED) is 0.424. The van der Waals surface area contributed by atoms with Gasteiger partial charge in [0.05, 0.1) is 19.3 Å². The lowest BCUT2D eigenvalue weighted by Gasteiger charge is -2.16. The molecule has 0 atom stereocenters. The molecule has 3 aromatic rings. The van der Waals surface area contributed by atoms with Crippen molar-refractivity contribution in [1.29, 1.82) is 0 Å². The van der Waals surface area contributed by atoms with Gasteiger partial charge in [0.1, 0.15) is 11.6 Å². The lowest BCUT2D eigenvalue weighted by molar-refractivity contribution is 0.0942. The molecule has 7 nitrogen and oxygen atoms in total. The molecule has 1 aromatic heterocycles. The first-order valence-electron chi connectivity index (χ1n) is 11.0. The topological polar surface area (TPSA) is 99.6 Å². The molecule has 0 unspecified atom stereocenters. The van der Waals surface area contributed by atoms with Crippen LogP contribution in [0, 0.1) is 17.6 Å². The van der Waals surface area contributed by atoms with E-state index in [-0.39, 0.29) is 41.9 Å². The maximum atomic E-state index is 13.9. The largest absolute Gasteiger partial charge is 0.493 e. The number of carbonyl (C=O) groups excluding carboxylic acids is 1. The molecule has 0 bridgehead atoms. The van der Waals surface area contributed by atoms with E-state index in [1.807, 2.05) is 0 Å². The van der Waals surface area contributed by atoms with Crippen molar-refractivity contribution >= 4 is 18.3 Å². The summed E-state index contributed by atoms with van der Waals surface area (Å²) in [5.41, 5.74) is 5.93. The number of carbonyl (C=O) groups is 1. The van der Waals surface area contributed by atoms with Gasteiger partial charge in [-0.05, 0) is 56.9 Å². The second kappa shape index (κ2) is 10.6. The van der Waals surface area contributed by atoms with Gasteiger partial charge in [-0.2, -0.15) is 0 Å². The van der Waals surface area contributed by atoms with Crippen molar-refractivity contribution in [3.05, 3.63) is 65.1 Å². The maximum absolute atomic E-state index is 13.9. The second-order valence-corrected chi connectivity index (χ2v) is 8.96. The molecule has 1 aliphatic carbocycles. The summed E-state index contributed by atoms with van der Waals surface area (Å²) in [4.78, 5) is 17.3. The molecule has 1 saturated carbocycles. The summed E-state index contributed by atoms with van der Waals surface area (Å²) < 4.78 is 44.3. The van der Waals surface area contributed by atoms with E-state index < -0.39 is 23.1 Å². The number of halogens is 3. The molecule has 2 aromatic carbocycles. The average Bonchev–Trinajstić information content (AvgIpc) is 3.50. The smallest absolute Gasteiger partial charge is 0.273 e. The Hall–Kier alpha value is -3.17. The predicted molar refractivity (Wildman–Crippen MR) is 129 cm³/mol. The highest BCUT2D eigenvalue weighted by molar-refractivity contribution is 5.94. The fraction of sp³-hybridized carbons (Fsp3) is 0.360. The first-order chi connectivity index (χ1) is 16.2. The Kier molecular flexibility index (Phi) is 8.02. The number of aromatic nitrogens is 1. The van der Waals surface area contributed by atoms with Gasteiger partial charge in [-0.15, -0.1) is 12.4 Å². The van der Waals surface area contributed by atoms with Crippen LogP contribution in [-0.2, 0) is 12.1 Å². The van der Waals surface area contributed by atoms with Crippen molar-refractivity contribution in [3.8, 4) is 23.0 Å². The van der Waals surface area contributed by atoms with Crippen molar-refractivity contribution in [3.63, 3.8) is 0 Å². The fourth-order valence-electron chi connectivity index (χ4n) is 3.37. The van der Waals surface area contributed by atoms with Crippen molar-refractivity contribution in [2.24, 2.45) is 11.7 Å². The zero-order valence-electron chi connectivity index (χ0n) is 19.7. The molecule has 10 heteroatoms. The monoisotopic (exact) mass is 507 g/mol. The molecular weight excluding hydrogens is 480 g/mol. The second-order valence-electron chi connectivity index (χ2n) is 8.96. The third-order valence-corrected chi connectivity index (χ3v) is 5.46. The molecule has 3 N–H and O–H groups in total. The number of nitrogens with two attached hydrogens (primary N) is 1. The minimum atomic E-state index is -1.02. The van der Waals surface area contributed by atoms with Crippen LogP contribution < -0.4 is 20.5 Å². The van der Waals surface area contributed by atoms with E-state index in [2.05, 4.69) is 10.3 Å². The molecule has 0 spiro atoms. The standard InChI is InChI=1S/C25H27F2N3O4.ClH/c1-25(2,28)22-21(23(31)29-12-16-6-8-17(26)11-18(16)27)30-24(34-22)15-7-9-19(32-3)20(10-15)33-13-14-4-5-14;/h6-11,14H,4-5,12-13,28H2,1-3H3,(H,29,31);1H. The highest BCUT2D eigenvalue weighted by Crippen LogP contribution is 2.36. The van der Waals surface area contributed by atoms with Crippen molar-refractivity contribution in [2.45, 2.75) is 38.8 Å². The van der Waals surface area contributed by atoms with Gasteiger partial charge < -0.3 is 24.9 Å². The van der Waals surface area contributed by atoms with Crippen LogP contribution >= 0.6 is 12.4 Å². The predicted octanol–water partition coefficient (Wildman–Crippen LogP) is 4.96. The summed E-state index contributed by atoms with van der Waals surface area (Å²) in [6, 6.07) is 8.39. The average molecular weight is 508 g/mol. The third-order valence-electron chi connectivity index (χ3n) is 5.46. The molecule has 1 fully saturated rings. The molecule has 188 valence electrons. The molecule has 0 aliphatic heterocycles. The van der Waals surface area contributed by atoms with Gasteiger partial charge in [0.2, 0.25) is 5.89 Å². The maximum Gasteiger partial charge on any atom is 0.273 e. The lowest BCUT2D eigenvalue weighted by Crippen LogP contribution is -2.33. The van der Waals surface area contributed by atoms with Crippen LogP contribution in [0.2, 0.25) is 0 Å². The highest BCUT2D eigenvalue weighted by Gasteiger charge is 2.30. The fourth-order valence-corrected chi connectivity index (χ4v) is 3.37. The normalized spacial score (nSPS) is 13.2. The van der Waals surface area contributed by atoms with Crippen LogP contribution in [0.15, 0.2) is 40.8 Å². The zero-order chi connectivity index (χ0) is 24.5. The van der Waals surface area contributed by atoms with Gasteiger partial charge in [0.25, 0.3) is 5.91 Å². The molecule has 1 heterocycles. The highest BCUT2D eigenvalue weighted by atomic mass is 35.5. The van der Waals surface area contributed by atoms with Gasteiger partial charge in [-0.3, -0.25) is 4.79 Å². The van der Waals surface area contributed by atoms with Gasteiger partial charge in [0, 0.05) is 23.7 Å². The van der Waals surface area contributed by atoms with E-state index in [9.17, 15) is 13.6 Å². The van der Waals surface area contributed by atoms with Gasteiger partial charge in [0.15, 0.2) is 23.0 Å². The Balaban J connectivity index is 0.00000342. The minimum absolute atomic E-state index is 0. The number of rotatable bonds is 9. The van der Waals surface area contributed by atoms with Crippen LogP contribution in [0.1, 0.15) is 48.5 Å².